The van der Waals surface area contributed by atoms with Crippen molar-refractivity contribution in [3.63, 3.8) is 0 Å². The molecule has 0 saturated carbocycles. The van der Waals surface area contributed by atoms with Gasteiger partial charge in [-0.05, 0) is 11.6 Å². The van der Waals surface area contributed by atoms with E-state index in [1.807, 2.05) is 24.3 Å². The normalized spacial score (nSPS) is 12.5. The molecular formula is C9H11NS. The van der Waals surface area contributed by atoms with Gasteiger partial charge in [0.1, 0.15) is 0 Å². The SMILES string of the molecule is C=CC(N)c1ccccc1S. The van der Waals surface area contributed by atoms with Crippen molar-refractivity contribution in [1.29, 1.82) is 0 Å². The van der Waals surface area contributed by atoms with Crippen LogP contribution in [-0.2, 0) is 0 Å². The maximum atomic E-state index is 5.73. The summed E-state index contributed by atoms with van der Waals surface area (Å²) in [6.07, 6.45) is 1.70. The summed E-state index contributed by atoms with van der Waals surface area (Å²) in [4.78, 5) is 0.917. The van der Waals surface area contributed by atoms with Crippen LogP contribution in [0, 0.1) is 0 Å². The number of thiol groups is 1. The standard InChI is InChI=1S/C9H11NS/c1-2-8(10)7-5-3-4-6-9(7)11/h2-6,8,11H,1,10H2. The lowest BCUT2D eigenvalue weighted by atomic mass is 10.1. The average molecular weight is 165 g/mol. The second-order valence-corrected chi connectivity index (χ2v) is 2.80. The molecule has 1 unspecified atom stereocenters. The van der Waals surface area contributed by atoms with Gasteiger partial charge < -0.3 is 5.73 Å². The fraction of sp³-hybridized carbons (Fsp3) is 0.111. The van der Waals surface area contributed by atoms with Crippen LogP contribution in [0.1, 0.15) is 11.6 Å². The third-order valence-corrected chi connectivity index (χ3v) is 1.96. The first-order valence-corrected chi connectivity index (χ1v) is 3.86. The van der Waals surface area contributed by atoms with E-state index in [-0.39, 0.29) is 6.04 Å². The Labute approximate surface area is 72.3 Å². The lowest BCUT2D eigenvalue weighted by Crippen LogP contribution is -2.06. The van der Waals surface area contributed by atoms with Crippen LogP contribution in [0.2, 0.25) is 0 Å². The van der Waals surface area contributed by atoms with Gasteiger partial charge >= 0.3 is 0 Å². The molecule has 1 nitrogen and oxygen atoms in total. The van der Waals surface area contributed by atoms with Gasteiger partial charge in [-0.15, -0.1) is 19.2 Å². The molecule has 2 N–H and O–H groups in total. The van der Waals surface area contributed by atoms with Crippen molar-refractivity contribution in [2.75, 3.05) is 0 Å². The zero-order chi connectivity index (χ0) is 8.27. The highest BCUT2D eigenvalue weighted by atomic mass is 32.1. The highest BCUT2D eigenvalue weighted by Gasteiger charge is 2.02. The van der Waals surface area contributed by atoms with Gasteiger partial charge in [0.2, 0.25) is 0 Å². The van der Waals surface area contributed by atoms with E-state index in [9.17, 15) is 0 Å². The minimum atomic E-state index is -0.108. The van der Waals surface area contributed by atoms with E-state index >= 15 is 0 Å². The van der Waals surface area contributed by atoms with E-state index in [1.165, 1.54) is 0 Å². The number of rotatable bonds is 2. The zero-order valence-electron chi connectivity index (χ0n) is 6.20. The van der Waals surface area contributed by atoms with Crippen LogP contribution >= 0.6 is 12.6 Å². The summed E-state index contributed by atoms with van der Waals surface area (Å²) in [6, 6.07) is 7.64. The predicted octanol–water partition coefficient (Wildman–Crippen LogP) is 2.16. The Morgan fingerprint density at radius 2 is 2.09 bits per heavy atom. The molecule has 0 saturated heterocycles. The molecule has 0 fully saturated rings. The molecule has 0 heterocycles. The topological polar surface area (TPSA) is 26.0 Å². The van der Waals surface area contributed by atoms with Gasteiger partial charge in [-0.2, -0.15) is 0 Å². The molecule has 58 valence electrons. The second-order valence-electron chi connectivity index (χ2n) is 2.32. The van der Waals surface area contributed by atoms with Crippen molar-refractivity contribution in [2.24, 2.45) is 5.73 Å². The van der Waals surface area contributed by atoms with Crippen LogP contribution in [0.4, 0.5) is 0 Å². The summed E-state index contributed by atoms with van der Waals surface area (Å²) < 4.78 is 0. The summed E-state index contributed by atoms with van der Waals surface area (Å²) in [7, 11) is 0. The molecule has 0 aliphatic heterocycles. The first-order chi connectivity index (χ1) is 5.25. The highest BCUT2D eigenvalue weighted by molar-refractivity contribution is 7.80. The zero-order valence-corrected chi connectivity index (χ0v) is 7.09. The molecule has 0 bridgehead atoms. The minimum absolute atomic E-state index is 0.108. The quantitative estimate of drug-likeness (QED) is 0.509. The Bertz CT molecular complexity index is 257. The van der Waals surface area contributed by atoms with Crippen molar-refractivity contribution < 1.29 is 0 Å². The van der Waals surface area contributed by atoms with Gasteiger partial charge in [0.25, 0.3) is 0 Å². The summed E-state index contributed by atoms with van der Waals surface area (Å²) in [5, 5.41) is 0. The van der Waals surface area contributed by atoms with Crippen LogP contribution in [0.5, 0.6) is 0 Å². The molecule has 1 aromatic carbocycles. The molecule has 1 rings (SSSR count). The van der Waals surface area contributed by atoms with Crippen LogP contribution in [0.15, 0.2) is 41.8 Å². The molecule has 0 aromatic heterocycles. The van der Waals surface area contributed by atoms with E-state index in [0.29, 0.717) is 0 Å². The molecule has 11 heavy (non-hydrogen) atoms. The first kappa shape index (κ1) is 8.37. The Morgan fingerprint density at radius 3 is 2.64 bits per heavy atom. The Morgan fingerprint density at radius 1 is 1.45 bits per heavy atom. The molecule has 0 radical (unpaired) electrons. The highest BCUT2D eigenvalue weighted by Crippen LogP contribution is 2.19. The summed E-state index contributed by atoms with van der Waals surface area (Å²) in [5.74, 6) is 0. The van der Waals surface area contributed by atoms with Gasteiger partial charge in [-0.3, -0.25) is 0 Å². The van der Waals surface area contributed by atoms with Gasteiger partial charge in [0.05, 0.1) is 0 Å². The largest absolute Gasteiger partial charge is 0.321 e. The van der Waals surface area contributed by atoms with Crippen LogP contribution in [0.25, 0.3) is 0 Å². The van der Waals surface area contributed by atoms with E-state index < -0.39 is 0 Å². The maximum Gasteiger partial charge on any atom is 0.0489 e. The summed E-state index contributed by atoms with van der Waals surface area (Å²) in [6.45, 7) is 3.62. The number of hydrogen-bond donors (Lipinski definition) is 2. The number of hydrogen-bond acceptors (Lipinski definition) is 2. The van der Waals surface area contributed by atoms with Crippen molar-refractivity contribution >= 4 is 12.6 Å². The molecule has 0 aliphatic carbocycles. The molecule has 1 aromatic rings. The molecule has 1 atom stereocenters. The third-order valence-electron chi connectivity index (χ3n) is 1.55. The lowest BCUT2D eigenvalue weighted by Gasteiger charge is -2.08. The third kappa shape index (κ3) is 1.85. The van der Waals surface area contributed by atoms with Gasteiger partial charge in [-0.25, -0.2) is 0 Å². The van der Waals surface area contributed by atoms with E-state index in [2.05, 4.69) is 19.2 Å². The predicted molar refractivity (Wildman–Crippen MR) is 50.8 cm³/mol. The minimum Gasteiger partial charge on any atom is -0.321 e. The van der Waals surface area contributed by atoms with Gasteiger partial charge in [0.15, 0.2) is 0 Å². The van der Waals surface area contributed by atoms with Crippen LogP contribution in [0.3, 0.4) is 0 Å². The Kier molecular flexibility index (Phi) is 2.74. The first-order valence-electron chi connectivity index (χ1n) is 3.41. The number of nitrogens with two attached hydrogens (primary N) is 1. The molecule has 0 aliphatic rings. The fourth-order valence-corrected chi connectivity index (χ4v) is 1.21. The van der Waals surface area contributed by atoms with Crippen molar-refractivity contribution in [2.45, 2.75) is 10.9 Å². The summed E-state index contributed by atoms with van der Waals surface area (Å²) in [5.41, 5.74) is 6.75. The van der Waals surface area contributed by atoms with Crippen LogP contribution in [-0.4, -0.2) is 0 Å². The van der Waals surface area contributed by atoms with Crippen LogP contribution < -0.4 is 5.73 Å². The Hall–Kier alpha value is -0.730. The van der Waals surface area contributed by atoms with Crippen molar-refractivity contribution in [3.8, 4) is 0 Å². The average Bonchev–Trinajstić information content (AvgIpc) is 2.04. The number of benzene rings is 1. The maximum absolute atomic E-state index is 5.73. The van der Waals surface area contributed by atoms with E-state index in [1.54, 1.807) is 6.08 Å². The van der Waals surface area contributed by atoms with Crippen molar-refractivity contribution in [3.05, 3.63) is 42.5 Å². The van der Waals surface area contributed by atoms with E-state index in [0.717, 1.165) is 10.5 Å². The fourth-order valence-electron chi connectivity index (χ4n) is 0.896. The molecular weight excluding hydrogens is 154 g/mol. The Balaban J connectivity index is 3.02. The van der Waals surface area contributed by atoms with E-state index in [4.69, 9.17) is 5.73 Å². The monoisotopic (exact) mass is 165 g/mol. The van der Waals surface area contributed by atoms with Crippen molar-refractivity contribution in [1.82, 2.24) is 0 Å². The molecule has 0 spiro atoms. The summed E-state index contributed by atoms with van der Waals surface area (Å²) >= 11 is 4.26. The van der Waals surface area contributed by atoms with Gasteiger partial charge in [-0.1, -0.05) is 24.3 Å². The smallest absolute Gasteiger partial charge is 0.0489 e. The molecule has 2 heteroatoms. The van der Waals surface area contributed by atoms with Gasteiger partial charge in [0, 0.05) is 10.9 Å². The lowest BCUT2D eigenvalue weighted by molar-refractivity contribution is 0.888. The molecule has 0 amide bonds. The second kappa shape index (κ2) is 3.60.